The summed E-state index contributed by atoms with van der Waals surface area (Å²) in [4.78, 5) is 0. The minimum atomic E-state index is -0.291. The molecule has 0 radical (unpaired) electrons. The van der Waals surface area contributed by atoms with Crippen molar-refractivity contribution in [1.82, 2.24) is 0 Å². The largest absolute Gasteiger partial charge is 0.493 e. The van der Waals surface area contributed by atoms with Gasteiger partial charge in [0.25, 0.3) is 0 Å². The molecule has 3 nitrogen and oxygen atoms in total. The first-order valence-corrected chi connectivity index (χ1v) is 5.07. The first kappa shape index (κ1) is 11.9. The second-order valence-electron chi connectivity index (χ2n) is 3.54. The van der Waals surface area contributed by atoms with E-state index in [1.54, 1.807) is 21.1 Å². The van der Waals surface area contributed by atoms with Gasteiger partial charge >= 0.3 is 0 Å². The Bertz CT molecular complexity index is 308. The fourth-order valence-electron chi connectivity index (χ4n) is 1.51. The minimum absolute atomic E-state index is 0.291. The van der Waals surface area contributed by atoms with Crippen molar-refractivity contribution in [3.63, 3.8) is 0 Å². The molecule has 0 aliphatic heterocycles. The van der Waals surface area contributed by atoms with Gasteiger partial charge in [0.15, 0.2) is 11.5 Å². The molecule has 0 aliphatic rings. The third-order valence-electron chi connectivity index (χ3n) is 2.32. The van der Waals surface area contributed by atoms with Crippen molar-refractivity contribution >= 4 is 0 Å². The Hall–Kier alpha value is -1.22. The Morgan fingerprint density at radius 2 is 2.00 bits per heavy atom. The van der Waals surface area contributed by atoms with E-state index in [1.165, 1.54) is 0 Å². The molecule has 1 N–H and O–H groups in total. The maximum Gasteiger partial charge on any atom is 0.163 e. The monoisotopic (exact) mass is 210 g/mol. The van der Waals surface area contributed by atoms with Gasteiger partial charge in [-0.15, -0.1) is 0 Å². The molecule has 1 atom stereocenters. The second kappa shape index (κ2) is 5.61. The molecule has 0 aromatic heterocycles. The number of aliphatic hydroxyl groups is 1. The summed E-state index contributed by atoms with van der Waals surface area (Å²) in [5.74, 6) is 1.50. The van der Waals surface area contributed by atoms with Crippen LogP contribution in [0.15, 0.2) is 18.2 Å². The average Bonchev–Trinajstić information content (AvgIpc) is 2.25. The predicted molar refractivity (Wildman–Crippen MR) is 59.5 cm³/mol. The van der Waals surface area contributed by atoms with Crippen LogP contribution >= 0.6 is 0 Å². The number of rotatable bonds is 5. The van der Waals surface area contributed by atoms with Crippen molar-refractivity contribution in [3.05, 3.63) is 23.8 Å². The van der Waals surface area contributed by atoms with Crippen molar-refractivity contribution in [1.29, 1.82) is 0 Å². The molecule has 0 spiro atoms. The standard InChI is InChI=1S/C12H18O3/c1-9(13)7-8-10-5-4-6-11(14-2)12(10)15-3/h4-6,9,13H,7-8H2,1-3H3. The molecule has 84 valence electrons. The van der Waals surface area contributed by atoms with Crippen molar-refractivity contribution in [2.45, 2.75) is 25.9 Å². The van der Waals surface area contributed by atoms with E-state index in [2.05, 4.69) is 0 Å². The number of aryl methyl sites for hydroxylation is 1. The van der Waals surface area contributed by atoms with Gasteiger partial charge in [-0.3, -0.25) is 0 Å². The molecule has 1 aromatic carbocycles. The lowest BCUT2D eigenvalue weighted by Crippen LogP contribution is -2.03. The molecule has 0 fully saturated rings. The summed E-state index contributed by atoms with van der Waals surface area (Å²) in [5, 5.41) is 9.23. The zero-order chi connectivity index (χ0) is 11.3. The average molecular weight is 210 g/mol. The highest BCUT2D eigenvalue weighted by atomic mass is 16.5. The summed E-state index contributed by atoms with van der Waals surface area (Å²) in [7, 11) is 3.25. The third kappa shape index (κ3) is 3.13. The van der Waals surface area contributed by atoms with E-state index in [9.17, 15) is 5.11 Å². The summed E-state index contributed by atoms with van der Waals surface area (Å²) in [6.45, 7) is 1.78. The van der Waals surface area contributed by atoms with E-state index in [0.29, 0.717) is 0 Å². The van der Waals surface area contributed by atoms with Crippen LogP contribution in [0.5, 0.6) is 11.5 Å². The summed E-state index contributed by atoms with van der Waals surface area (Å²) < 4.78 is 10.5. The van der Waals surface area contributed by atoms with Gasteiger partial charge in [0.2, 0.25) is 0 Å². The maximum absolute atomic E-state index is 9.23. The van der Waals surface area contributed by atoms with Crippen LogP contribution in [0.2, 0.25) is 0 Å². The molecule has 3 heteroatoms. The van der Waals surface area contributed by atoms with Crippen LogP contribution < -0.4 is 9.47 Å². The second-order valence-corrected chi connectivity index (χ2v) is 3.54. The molecule has 0 saturated heterocycles. The normalized spacial score (nSPS) is 12.3. The number of hydrogen-bond acceptors (Lipinski definition) is 3. The van der Waals surface area contributed by atoms with Gasteiger partial charge in [-0.1, -0.05) is 12.1 Å². The Balaban J connectivity index is 2.86. The summed E-state index contributed by atoms with van der Waals surface area (Å²) in [5.41, 5.74) is 1.07. The van der Waals surface area contributed by atoms with Crippen molar-refractivity contribution in [3.8, 4) is 11.5 Å². The van der Waals surface area contributed by atoms with Crippen molar-refractivity contribution < 1.29 is 14.6 Å². The Labute approximate surface area is 90.6 Å². The van der Waals surface area contributed by atoms with Gasteiger partial charge in [0.05, 0.1) is 20.3 Å². The zero-order valence-corrected chi connectivity index (χ0v) is 9.49. The lowest BCUT2D eigenvalue weighted by atomic mass is 10.1. The third-order valence-corrected chi connectivity index (χ3v) is 2.32. The Morgan fingerprint density at radius 1 is 1.27 bits per heavy atom. The van der Waals surface area contributed by atoms with E-state index in [0.717, 1.165) is 29.9 Å². The SMILES string of the molecule is COc1cccc(CCC(C)O)c1OC. The van der Waals surface area contributed by atoms with Gasteiger partial charge in [-0.25, -0.2) is 0 Å². The van der Waals surface area contributed by atoms with Crippen molar-refractivity contribution in [2.75, 3.05) is 14.2 Å². The number of para-hydroxylation sites is 1. The first-order valence-electron chi connectivity index (χ1n) is 5.07. The molecule has 0 aliphatic carbocycles. The number of hydrogen-bond donors (Lipinski definition) is 1. The number of methoxy groups -OCH3 is 2. The molecular formula is C12H18O3. The number of benzene rings is 1. The molecule has 1 aromatic rings. The van der Waals surface area contributed by atoms with Crippen molar-refractivity contribution in [2.24, 2.45) is 0 Å². The smallest absolute Gasteiger partial charge is 0.163 e. The number of aliphatic hydroxyl groups excluding tert-OH is 1. The van der Waals surface area contributed by atoms with Crippen LogP contribution in [-0.2, 0) is 6.42 Å². The minimum Gasteiger partial charge on any atom is -0.493 e. The van der Waals surface area contributed by atoms with Gasteiger partial charge in [-0.05, 0) is 31.4 Å². The lowest BCUT2D eigenvalue weighted by molar-refractivity contribution is 0.184. The van der Waals surface area contributed by atoms with Gasteiger partial charge in [-0.2, -0.15) is 0 Å². The quantitative estimate of drug-likeness (QED) is 0.808. The maximum atomic E-state index is 9.23. The molecule has 15 heavy (non-hydrogen) atoms. The molecule has 1 unspecified atom stereocenters. The fraction of sp³-hybridized carbons (Fsp3) is 0.500. The highest BCUT2D eigenvalue weighted by molar-refractivity contribution is 5.46. The highest BCUT2D eigenvalue weighted by Gasteiger charge is 2.09. The Morgan fingerprint density at radius 3 is 2.53 bits per heavy atom. The van der Waals surface area contributed by atoms with Crippen LogP contribution in [0.4, 0.5) is 0 Å². The van der Waals surface area contributed by atoms with Crippen LogP contribution in [0.1, 0.15) is 18.9 Å². The van der Waals surface area contributed by atoms with E-state index in [-0.39, 0.29) is 6.10 Å². The highest BCUT2D eigenvalue weighted by Crippen LogP contribution is 2.31. The Kier molecular flexibility index (Phi) is 4.43. The van der Waals surface area contributed by atoms with Crippen LogP contribution in [0.3, 0.4) is 0 Å². The predicted octanol–water partition coefficient (Wildman–Crippen LogP) is 2.02. The van der Waals surface area contributed by atoms with Gasteiger partial charge in [0, 0.05) is 0 Å². The topological polar surface area (TPSA) is 38.7 Å². The summed E-state index contributed by atoms with van der Waals surface area (Å²) >= 11 is 0. The molecule has 0 bridgehead atoms. The van der Waals surface area contributed by atoms with E-state index in [1.807, 2.05) is 18.2 Å². The zero-order valence-electron chi connectivity index (χ0n) is 9.49. The first-order chi connectivity index (χ1) is 7.19. The molecule has 0 saturated carbocycles. The molecule has 0 heterocycles. The van der Waals surface area contributed by atoms with Gasteiger partial charge < -0.3 is 14.6 Å². The van der Waals surface area contributed by atoms with E-state index < -0.39 is 0 Å². The fourth-order valence-corrected chi connectivity index (χ4v) is 1.51. The van der Waals surface area contributed by atoms with Crippen LogP contribution in [0, 0.1) is 0 Å². The van der Waals surface area contributed by atoms with E-state index in [4.69, 9.17) is 9.47 Å². The van der Waals surface area contributed by atoms with Gasteiger partial charge in [0.1, 0.15) is 0 Å². The molecule has 1 rings (SSSR count). The van der Waals surface area contributed by atoms with E-state index >= 15 is 0 Å². The van der Waals surface area contributed by atoms with Crippen LogP contribution in [-0.4, -0.2) is 25.4 Å². The van der Waals surface area contributed by atoms with Crippen LogP contribution in [0.25, 0.3) is 0 Å². The summed E-state index contributed by atoms with van der Waals surface area (Å²) in [6, 6.07) is 5.78. The summed E-state index contributed by atoms with van der Waals surface area (Å²) in [6.07, 6.45) is 1.22. The molecular weight excluding hydrogens is 192 g/mol. The lowest BCUT2D eigenvalue weighted by Gasteiger charge is -2.12. The molecule has 0 amide bonds. The number of ether oxygens (including phenoxy) is 2.